The number of ether oxygens (including phenoxy) is 2. The summed E-state index contributed by atoms with van der Waals surface area (Å²) in [7, 11) is 3.10. The number of benzene rings is 1. The van der Waals surface area contributed by atoms with E-state index in [4.69, 9.17) is 9.47 Å². The fourth-order valence-corrected chi connectivity index (χ4v) is 1.67. The minimum Gasteiger partial charge on any atom is -0.497 e. The molecule has 1 aromatic carbocycles. The molecule has 0 spiro atoms. The number of aromatic amines is 1. The molecule has 100 valence electrons. The molecule has 6 nitrogen and oxygen atoms in total. The minimum atomic E-state index is -0.290. The zero-order chi connectivity index (χ0) is 13.8. The molecule has 2 N–H and O–H groups in total. The molecule has 19 heavy (non-hydrogen) atoms. The molecular weight excluding hydrogens is 246 g/mol. The second-order valence-electron chi connectivity index (χ2n) is 3.90. The monoisotopic (exact) mass is 261 g/mol. The highest BCUT2D eigenvalue weighted by atomic mass is 16.5. The second-order valence-corrected chi connectivity index (χ2v) is 3.90. The van der Waals surface area contributed by atoms with Gasteiger partial charge < -0.3 is 19.8 Å². The highest BCUT2D eigenvalue weighted by molar-refractivity contribution is 6.04. The van der Waals surface area contributed by atoms with E-state index in [1.54, 1.807) is 32.2 Å². The van der Waals surface area contributed by atoms with Crippen molar-refractivity contribution < 1.29 is 14.3 Å². The third-order valence-corrected chi connectivity index (χ3v) is 2.70. The van der Waals surface area contributed by atoms with Crippen LogP contribution in [0.1, 0.15) is 16.2 Å². The van der Waals surface area contributed by atoms with Crippen molar-refractivity contribution in [3.8, 4) is 11.5 Å². The van der Waals surface area contributed by atoms with Crippen LogP contribution in [0.4, 0.5) is 5.69 Å². The van der Waals surface area contributed by atoms with E-state index < -0.39 is 0 Å². The smallest absolute Gasteiger partial charge is 0.276 e. The standard InChI is InChI=1S/C13H15N3O3/c1-8-12(15-7-14-8)13(17)16-10-5-4-9(18-2)6-11(10)19-3/h4-7H,1-3H3,(H,14,15)(H,16,17). The molecule has 0 saturated carbocycles. The van der Waals surface area contributed by atoms with E-state index in [0.29, 0.717) is 28.6 Å². The molecule has 0 bridgehead atoms. The van der Waals surface area contributed by atoms with Gasteiger partial charge in [-0.1, -0.05) is 0 Å². The number of hydrogen-bond donors (Lipinski definition) is 2. The predicted molar refractivity (Wildman–Crippen MR) is 70.8 cm³/mol. The van der Waals surface area contributed by atoms with E-state index in [1.807, 2.05) is 0 Å². The Morgan fingerprint density at radius 3 is 2.68 bits per heavy atom. The van der Waals surface area contributed by atoms with Gasteiger partial charge in [-0.3, -0.25) is 4.79 Å². The van der Waals surface area contributed by atoms with Crippen LogP contribution in [0.15, 0.2) is 24.5 Å². The maximum atomic E-state index is 12.0. The summed E-state index contributed by atoms with van der Waals surface area (Å²) in [4.78, 5) is 18.9. The molecule has 1 aromatic heterocycles. The molecule has 0 atom stereocenters. The summed E-state index contributed by atoms with van der Waals surface area (Å²) in [6.07, 6.45) is 1.48. The molecule has 0 saturated heterocycles. The summed E-state index contributed by atoms with van der Waals surface area (Å²) in [5, 5.41) is 2.75. The van der Waals surface area contributed by atoms with Crippen LogP contribution < -0.4 is 14.8 Å². The van der Waals surface area contributed by atoms with E-state index in [2.05, 4.69) is 15.3 Å². The molecule has 1 heterocycles. The van der Waals surface area contributed by atoms with Crippen LogP contribution in [-0.4, -0.2) is 30.1 Å². The van der Waals surface area contributed by atoms with Crippen LogP contribution in [0.5, 0.6) is 11.5 Å². The number of carbonyl (C=O) groups excluding carboxylic acids is 1. The van der Waals surface area contributed by atoms with Crippen molar-refractivity contribution in [1.29, 1.82) is 0 Å². The summed E-state index contributed by atoms with van der Waals surface area (Å²) < 4.78 is 10.3. The van der Waals surface area contributed by atoms with Crippen LogP contribution in [0.25, 0.3) is 0 Å². The van der Waals surface area contributed by atoms with Crippen LogP contribution in [-0.2, 0) is 0 Å². The summed E-state index contributed by atoms with van der Waals surface area (Å²) in [5.74, 6) is 0.897. The third kappa shape index (κ3) is 2.67. The molecule has 2 aromatic rings. The number of nitrogens with zero attached hydrogens (tertiary/aromatic N) is 1. The van der Waals surface area contributed by atoms with Gasteiger partial charge in [0, 0.05) is 11.8 Å². The van der Waals surface area contributed by atoms with Crippen molar-refractivity contribution in [2.24, 2.45) is 0 Å². The molecule has 0 aliphatic carbocycles. The average Bonchev–Trinajstić information content (AvgIpc) is 2.85. The number of aryl methyl sites for hydroxylation is 1. The Balaban J connectivity index is 2.24. The number of aromatic nitrogens is 2. The maximum Gasteiger partial charge on any atom is 0.276 e. The van der Waals surface area contributed by atoms with Crippen molar-refractivity contribution in [3.63, 3.8) is 0 Å². The number of nitrogens with one attached hydrogen (secondary N) is 2. The number of hydrogen-bond acceptors (Lipinski definition) is 4. The second kappa shape index (κ2) is 5.43. The summed E-state index contributed by atoms with van der Waals surface area (Å²) >= 11 is 0. The first-order chi connectivity index (χ1) is 9.15. The van der Waals surface area contributed by atoms with Gasteiger partial charge in [0.1, 0.15) is 17.2 Å². The number of amides is 1. The highest BCUT2D eigenvalue weighted by Crippen LogP contribution is 2.29. The molecule has 0 fully saturated rings. The number of imidazole rings is 1. The largest absolute Gasteiger partial charge is 0.497 e. The Bertz CT molecular complexity index is 593. The Morgan fingerprint density at radius 2 is 2.11 bits per heavy atom. The first kappa shape index (κ1) is 12.9. The fourth-order valence-electron chi connectivity index (χ4n) is 1.67. The van der Waals surface area contributed by atoms with Crippen LogP contribution in [0.3, 0.4) is 0 Å². The highest BCUT2D eigenvalue weighted by Gasteiger charge is 2.14. The lowest BCUT2D eigenvalue weighted by Crippen LogP contribution is -2.14. The number of anilines is 1. The van der Waals surface area contributed by atoms with Gasteiger partial charge in [-0.15, -0.1) is 0 Å². The molecule has 6 heteroatoms. The third-order valence-electron chi connectivity index (χ3n) is 2.70. The lowest BCUT2D eigenvalue weighted by Gasteiger charge is -2.11. The summed E-state index contributed by atoms with van der Waals surface area (Å²) in [6.45, 7) is 1.78. The van der Waals surface area contributed by atoms with Gasteiger partial charge in [0.2, 0.25) is 0 Å². The SMILES string of the molecule is COc1ccc(NC(=O)c2nc[nH]c2C)c(OC)c1. The van der Waals surface area contributed by atoms with Crippen molar-refractivity contribution in [3.05, 3.63) is 35.9 Å². The van der Waals surface area contributed by atoms with Crippen molar-refractivity contribution in [2.45, 2.75) is 6.92 Å². The molecule has 0 aliphatic heterocycles. The molecule has 0 aliphatic rings. The normalized spacial score (nSPS) is 10.1. The van der Waals surface area contributed by atoms with E-state index >= 15 is 0 Å². The first-order valence-corrected chi connectivity index (χ1v) is 5.69. The summed E-state index contributed by atoms with van der Waals surface area (Å²) in [5.41, 5.74) is 1.64. The topological polar surface area (TPSA) is 76.2 Å². The van der Waals surface area contributed by atoms with Gasteiger partial charge >= 0.3 is 0 Å². The lowest BCUT2D eigenvalue weighted by atomic mass is 10.2. The average molecular weight is 261 g/mol. The van der Waals surface area contributed by atoms with E-state index in [1.165, 1.54) is 13.4 Å². The number of carbonyl (C=O) groups is 1. The molecule has 0 unspecified atom stereocenters. The number of rotatable bonds is 4. The number of methoxy groups -OCH3 is 2. The van der Waals surface area contributed by atoms with Gasteiger partial charge in [0.15, 0.2) is 0 Å². The van der Waals surface area contributed by atoms with Gasteiger partial charge in [-0.2, -0.15) is 0 Å². The van der Waals surface area contributed by atoms with Crippen molar-refractivity contribution in [2.75, 3.05) is 19.5 Å². The van der Waals surface area contributed by atoms with Crippen LogP contribution >= 0.6 is 0 Å². The Hall–Kier alpha value is -2.50. The zero-order valence-corrected chi connectivity index (χ0v) is 11.0. The van der Waals surface area contributed by atoms with Gasteiger partial charge in [-0.25, -0.2) is 4.98 Å². The van der Waals surface area contributed by atoms with Gasteiger partial charge in [-0.05, 0) is 19.1 Å². The van der Waals surface area contributed by atoms with E-state index in [-0.39, 0.29) is 5.91 Å². The summed E-state index contributed by atoms with van der Waals surface area (Å²) in [6, 6.07) is 5.17. The fraction of sp³-hybridized carbons (Fsp3) is 0.231. The van der Waals surface area contributed by atoms with Crippen LogP contribution in [0.2, 0.25) is 0 Å². The van der Waals surface area contributed by atoms with Crippen molar-refractivity contribution in [1.82, 2.24) is 9.97 Å². The van der Waals surface area contributed by atoms with E-state index in [0.717, 1.165) is 0 Å². The molecular formula is C13H15N3O3. The Morgan fingerprint density at radius 1 is 1.32 bits per heavy atom. The Kier molecular flexibility index (Phi) is 3.70. The van der Waals surface area contributed by atoms with Crippen LogP contribution in [0, 0.1) is 6.92 Å². The quantitative estimate of drug-likeness (QED) is 0.882. The zero-order valence-electron chi connectivity index (χ0n) is 11.0. The minimum absolute atomic E-state index is 0.290. The number of H-pyrrole nitrogens is 1. The van der Waals surface area contributed by atoms with Gasteiger partial charge in [0.05, 0.1) is 26.2 Å². The molecule has 2 rings (SSSR count). The molecule has 1 amide bonds. The predicted octanol–water partition coefficient (Wildman–Crippen LogP) is 1.99. The van der Waals surface area contributed by atoms with Crippen molar-refractivity contribution >= 4 is 11.6 Å². The molecule has 0 radical (unpaired) electrons. The maximum absolute atomic E-state index is 12.0. The Labute approximate surface area is 110 Å². The first-order valence-electron chi connectivity index (χ1n) is 5.69. The van der Waals surface area contributed by atoms with E-state index in [9.17, 15) is 4.79 Å². The van der Waals surface area contributed by atoms with Gasteiger partial charge in [0.25, 0.3) is 5.91 Å². The lowest BCUT2D eigenvalue weighted by molar-refractivity contribution is 0.102.